The molecule has 0 spiro atoms. The maximum Gasteiger partial charge on any atom is 0.253 e. The number of nitrogens with zero attached hydrogens (tertiary/aromatic N) is 1. The Morgan fingerprint density at radius 2 is 1.76 bits per heavy atom. The first-order valence-electron chi connectivity index (χ1n) is 12.6. The Hall–Kier alpha value is -2.82. The maximum absolute atomic E-state index is 13.2. The van der Waals surface area contributed by atoms with Gasteiger partial charge < -0.3 is 15.5 Å². The standard InChI is InChI=1S/C29H41N3O2/c1-7-21(3)30-28(34)25-17-24(31-27(33)16-20(2)18-29(4,5)6)12-13-26(25)32-15-14-22-10-8-9-11-23(22)19-32/h8-13,17,20-21H,7,14-16,18-19H2,1-6H3,(H,30,34)(H,31,33). The highest BCUT2D eigenvalue weighted by atomic mass is 16.2. The Bertz CT molecular complexity index is 1010. The summed E-state index contributed by atoms with van der Waals surface area (Å²) in [4.78, 5) is 28.2. The van der Waals surface area contributed by atoms with E-state index in [1.165, 1.54) is 11.1 Å². The largest absolute Gasteiger partial charge is 0.366 e. The van der Waals surface area contributed by atoms with Gasteiger partial charge in [-0.05, 0) is 66.8 Å². The van der Waals surface area contributed by atoms with Gasteiger partial charge in [-0.25, -0.2) is 0 Å². The molecule has 2 amide bonds. The second-order valence-electron chi connectivity index (χ2n) is 11.1. The zero-order valence-corrected chi connectivity index (χ0v) is 21.7. The van der Waals surface area contributed by atoms with Crippen LogP contribution < -0.4 is 15.5 Å². The minimum atomic E-state index is -0.0968. The summed E-state index contributed by atoms with van der Waals surface area (Å²) in [5, 5.41) is 6.13. The van der Waals surface area contributed by atoms with Crippen LogP contribution in [-0.2, 0) is 17.8 Å². The molecular formula is C29H41N3O2. The van der Waals surface area contributed by atoms with E-state index in [1.54, 1.807) is 0 Å². The van der Waals surface area contributed by atoms with Gasteiger partial charge in [-0.2, -0.15) is 0 Å². The van der Waals surface area contributed by atoms with Crippen LogP contribution in [0.4, 0.5) is 11.4 Å². The lowest BCUT2D eigenvalue weighted by atomic mass is 9.84. The molecule has 0 aliphatic carbocycles. The monoisotopic (exact) mass is 463 g/mol. The molecule has 34 heavy (non-hydrogen) atoms. The van der Waals surface area contributed by atoms with Gasteiger partial charge in [0.1, 0.15) is 0 Å². The van der Waals surface area contributed by atoms with E-state index in [4.69, 9.17) is 0 Å². The molecule has 184 valence electrons. The van der Waals surface area contributed by atoms with Crippen molar-refractivity contribution in [3.8, 4) is 0 Å². The quantitative estimate of drug-likeness (QED) is 0.491. The van der Waals surface area contributed by atoms with Gasteiger partial charge in [0, 0.05) is 36.9 Å². The smallest absolute Gasteiger partial charge is 0.253 e. The van der Waals surface area contributed by atoms with E-state index in [2.05, 4.69) is 74.4 Å². The van der Waals surface area contributed by atoms with Crippen LogP contribution in [0.5, 0.6) is 0 Å². The molecule has 1 heterocycles. The third kappa shape index (κ3) is 7.09. The molecule has 3 rings (SSSR count). The Kier molecular flexibility index (Phi) is 8.40. The van der Waals surface area contributed by atoms with Gasteiger partial charge in [-0.3, -0.25) is 9.59 Å². The average molecular weight is 464 g/mol. The molecule has 0 aromatic heterocycles. The Balaban J connectivity index is 1.81. The number of anilines is 2. The van der Waals surface area contributed by atoms with Crippen LogP contribution in [0.15, 0.2) is 42.5 Å². The summed E-state index contributed by atoms with van der Waals surface area (Å²) in [6, 6.07) is 14.3. The van der Waals surface area contributed by atoms with Crippen molar-refractivity contribution in [1.82, 2.24) is 5.32 Å². The van der Waals surface area contributed by atoms with Crippen LogP contribution in [-0.4, -0.2) is 24.4 Å². The number of rotatable bonds is 8. The summed E-state index contributed by atoms with van der Waals surface area (Å²) >= 11 is 0. The fraction of sp³-hybridized carbons (Fsp3) is 0.517. The lowest BCUT2D eigenvalue weighted by molar-refractivity contribution is -0.117. The topological polar surface area (TPSA) is 61.4 Å². The molecular weight excluding hydrogens is 422 g/mol. The van der Waals surface area contributed by atoms with Crippen LogP contribution in [0, 0.1) is 11.3 Å². The second kappa shape index (κ2) is 11.1. The lowest BCUT2D eigenvalue weighted by Crippen LogP contribution is -2.35. The first-order valence-corrected chi connectivity index (χ1v) is 12.6. The molecule has 2 unspecified atom stereocenters. The van der Waals surface area contributed by atoms with Gasteiger partial charge in [-0.15, -0.1) is 0 Å². The van der Waals surface area contributed by atoms with E-state index in [0.29, 0.717) is 23.6 Å². The predicted octanol–water partition coefficient (Wildman–Crippen LogP) is 6.18. The molecule has 1 aliphatic heterocycles. The Morgan fingerprint density at radius 3 is 2.44 bits per heavy atom. The molecule has 0 saturated carbocycles. The van der Waals surface area contributed by atoms with Gasteiger partial charge in [0.15, 0.2) is 0 Å². The van der Waals surface area contributed by atoms with Gasteiger partial charge in [0.2, 0.25) is 5.91 Å². The summed E-state index contributed by atoms with van der Waals surface area (Å²) in [6.45, 7) is 14.4. The highest BCUT2D eigenvalue weighted by molar-refractivity contribution is 6.02. The van der Waals surface area contributed by atoms with Crippen molar-refractivity contribution >= 4 is 23.2 Å². The van der Waals surface area contributed by atoms with Crippen LogP contribution in [0.3, 0.4) is 0 Å². The number of hydrogen-bond donors (Lipinski definition) is 2. The molecule has 2 atom stereocenters. The normalized spacial score (nSPS) is 15.3. The molecule has 5 heteroatoms. The highest BCUT2D eigenvalue weighted by Crippen LogP contribution is 2.30. The summed E-state index contributed by atoms with van der Waals surface area (Å²) in [7, 11) is 0. The maximum atomic E-state index is 13.2. The van der Waals surface area contributed by atoms with Crippen molar-refractivity contribution in [2.24, 2.45) is 11.3 Å². The number of carbonyl (C=O) groups excluding carboxylic acids is 2. The zero-order valence-electron chi connectivity index (χ0n) is 21.7. The van der Waals surface area contributed by atoms with Gasteiger partial charge in [-0.1, -0.05) is 58.9 Å². The van der Waals surface area contributed by atoms with E-state index in [1.807, 2.05) is 25.1 Å². The molecule has 2 N–H and O–H groups in total. The predicted molar refractivity (Wildman–Crippen MR) is 141 cm³/mol. The molecule has 0 saturated heterocycles. The number of carbonyl (C=O) groups is 2. The zero-order chi connectivity index (χ0) is 24.9. The van der Waals surface area contributed by atoms with Crippen LogP contribution >= 0.6 is 0 Å². The third-order valence-corrected chi connectivity index (χ3v) is 6.48. The Labute approximate surface area is 205 Å². The van der Waals surface area contributed by atoms with E-state index in [-0.39, 0.29) is 23.3 Å². The minimum absolute atomic E-state index is 0.00955. The summed E-state index contributed by atoms with van der Waals surface area (Å²) in [5.74, 6) is 0.186. The van der Waals surface area contributed by atoms with E-state index >= 15 is 0 Å². The number of fused-ring (bicyclic) bond motifs is 1. The van der Waals surface area contributed by atoms with Crippen LogP contribution in [0.2, 0.25) is 0 Å². The van der Waals surface area contributed by atoms with Crippen LogP contribution in [0.1, 0.15) is 82.3 Å². The van der Waals surface area contributed by atoms with Crippen molar-refractivity contribution in [3.63, 3.8) is 0 Å². The highest BCUT2D eigenvalue weighted by Gasteiger charge is 2.23. The van der Waals surface area contributed by atoms with Crippen molar-refractivity contribution in [1.29, 1.82) is 0 Å². The number of benzene rings is 2. The summed E-state index contributed by atoms with van der Waals surface area (Å²) < 4.78 is 0. The van der Waals surface area contributed by atoms with Crippen molar-refractivity contribution in [2.75, 3.05) is 16.8 Å². The second-order valence-corrected chi connectivity index (χ2v) is 11.1. The molecule has 1 aliphatic rings. The molecule has 5 nitrogen and oxygen atoms in total. The van der Waals surface area contributed by atoms with E-state index < -0.39 is 0 Å². The fourth-order valence-electron chi connectivity index (χ4n) is 4.82. The number of hydrogen-bond acceptors (Lipinski definition) is 3. The Morgan fingerprint density at radius 1 is 1.06 bits per heavy atom. The van der Waals surface area contributed by atoms with Crippen molar-refractivity contribution < 1.29 is 9.59 Å². The number of nitrogens with one attached hydrogen (secondary N) is 2. The summed E-state index contributed by atoms with van der Waals surface area (Å²) in [5.41, 5.74) is 5.05. The minimum Gasteiger partial charge on any atom is -0.366 e. The lowest BCUT2D eigenvalue weighted by Gasteiger charge is -2.32. The van der Waals surface area contributed by atoms with Crippen molar-refractivity contribution in [3.05, 3.63) is 59.2 Å². The fourth-order valence-corrected chi connectivity index (χ4v) is 4.82. The molecule has 2 aromatic rings. The van der Waals surface area contributed by atoms with Gasteiger partial charge >= 0.3 is 0 Å². The molecule has 0 radical (unpaired) electrons. The van der Waals surface area contributed by atoms with Gasteiger partial charge in [0.05, 0.1) is 5.56 Å². The molecule has 0 fully saturated rings. The first-order chi connectivity index (χ1) is 16.1. The first kappa shape index (κ1) is 25.8. The average Bonchev–Trinajstić information content (AvgIpc) is 2.77. The SMILES string of the molecule is CCC(C)NC(=O)c1cc(NC(=O)CC(C)CC(C)(C)C)ccc1N1CCc2ccccc2C1. The van der Waals surface area contributed by atoms with Gasteiger partial charge in [0.25, 0.3) is 5.91 Å². The van der Waals surface area contributed by atoms with E-state index in [9.17, 15) is 9.59 Å². The third-order valence-electron chi connectivity index (χ3n) is 6.48. The molecule has 2 aromatic carbocycles. The van der Waals surface area contributed by atoms with Crippen molar-refractivity contribution in [2.45, 2.75) is 79.8 Å². The summed E-state index contributed by atoms with van der Waals surface area (Å²) in [6.07, 6.45) is 3.27. The van der Waals surface area contributed by atoms with E-state index in [0.717, 1.165) is 38.0 Å². The van der Waals surface area contributed by atoms with Crippen LogP contribution in [0.25, 0.3) is 0 Å². The number of amides is 2. The molecule has 0 bridgehead atoms.